The van der Waals surface area contributed by atoms with Crippen molar-refractivity contribution in [2.75, 3.05) is 6.54 Å². The van der Waals surface area contributed by atoms with Gasteiger partial charge in [0.05, 0.1) is 11.7 Å². The van der Waals surface area contributed by atoms with E-state index in [1.165, 1.54) is 19.3 Å². The van der Waals surface area contributed by atoms with E-state index in [0.717, 1.165) is 18.4 Å². The predicted octanol–water partition coefficient (Wildman–Crippen LogP) is 2.85. The van der Waals surface area contributed by atoms with Crippen LogP contribution in [0.1, 0.15) is 53.9 Å². The fourth-order valence-corrected chi connectivity index (χ4v) is 4.44. The van der Waals surface area contributed by atoms with Gasteiger partial charge in [0.25, 0.3) is 0 Å². The van der Waals surface area contributed by atoms with E-state index < -0.39 is 0 Å². The van der Waals surface area contributed by atoms with E-state index in [1.807, 2.05) is 0 Å². The molecule has 0 aromatic rings. The van der Waals surface area contributed by atoms with Gasteiger partial charge in [0.2, 0.25) is 0 Å². The Hall–Kier alpha value is -0.0551. The van der Waals surface area contributed by atoms with Crippen LogP contribution in [0.15, 0.2) is 0 Å². The van der Waals surface area contributed by atoms with Gasteiger partial charge in [-0.15, -0.1) is 0 Å². The summed E-state index contributed by atoms with van der Waals surface area (Å²) in [6.07, 6.45) is 3.95. The molecule has 0 amide bonds. The van der Waals surface area contributed by atoms with Gasteiger partial charge in [0, 0.05) is 0 Å². The van der Waals surface area contributed by atoms with Gasteiger partial charge < -0.3 is 14.5 Å². The van der Waals surface area contributed by atoms with Crippen molar-refractivity contribution in [2.24, 2.45) is 23.2 Å². The highest BCUT2D eigenvalue weighted by Gasteiger charge is 2.67. The molecular formula is C15H28BNO2. The molecular weight excluding hydrogens is 237 g/mol. The van der Waals surface area contributed by atoms with Gasteiger partial charge >= 0.3 is 7.25 Å². The second kappa shape index (κ2) is 4.47. The second-order valence-corrected chi connectivity index (χ2v) is 7.94. The molecule has 4 aliphatic rings. The summed E-state index contributed by atoms with van der Waals surface area (Å²) in [6, 6.07) is 0. The highest BCUT2D eigenvalue weighted by Crippen LogP contribution is 2.65. The van der Waals surface area contributed by atoms with Crippen LogP contribution in [0.2, 0.25) is 0 Å². The van der Waals surface area contributed by atoms with E-state index in [0.29, 0.717) is 17.4 Å². The largest absolute Gasteiger partial charge is 0.555 e. The topological polar surface area (TPSA) is 30.5 Å². The van der Waals surface area contributed by atoms with Crippen molar-refractivity contribution < 1.29 is 9.31 Å². The molecule has 0 aromatic heterocycles. The highest BCUT2D eigenvalue weighted by molar-refractivity contribution is 6.42. The lowest BCUT2D eigenvalue weighted by molar-refractivity contribution is -0.199. The Bertz CT molecular complexity index is 360. The van der Waals surface area contributed by atoms with E-state index in [9.17, 15) is 0 Å². The van der Waals surface area contributed by atoms with Crippen LogP contribution in [0.25, 0.3) is 0 Å². The van der Waals surface area contributed by atoms with E-state index in [4.69, 9.17) is 9.31 Å². The Labute approximate surface area is 118 Å². The van der Waals surface area contributed by atoms with Gasteiger partial charge in [-0.05, 0) is 55.9 Å². The Morgan fingerprint density at radius 3 is 2.63 bits per heavy atom. The van der Waals surface area contributed by atoms with Crippen molar-refractivity contribution in [1.29, 1.82) is 0 Å². The first kappa shape index (κ1) is 13.9. The van der Waals surface area contributed by atoms with Gasteiger partial charge in [-0.2, -0.15) is 0 Å². The van der Waals surface area contributed by atoms with Gasteiger partial charge in [-0.1, -0.05) is 27.7 Å². The molecule has 19 heavy (non-hydrogen) atoms. The van der Waals surface area contributed by atoms with Gasteiger partial charge in [-0.3, -0.25) is 0 Å². The molecule has 3 aliphatic carbocycles. The molecule has 3 nitrogen and oxygen atoms in total. The number of nitrogens with one attached hydrogen (secondary N) is 1. The lowest BCUT2D eigenvalue weighted by Gasteiger charge is -2.64. The van der Waals surface area contributed by atoms with E-state index >= 15 is 0 Å². The van der Waals surface area contributed by atoms with Gasteiger partial charge in [0.15, 0.2) is 0 Å². The normalized spacial score (nSPS) is 43.3. The molecule has 108 valence electrons. The molecule has 4 atom stereocenters. The highest BCUT2D eigenvalue weighted by atomic mass is 16.7. The molecule has 1 heterocycles. The molecule has 0 spiro atoms. The zero-order valence-electron chi connectivity index (χ0n) is 13.0. The number of rotatable bonds is 4. The summed E-state index contributed by atoms with van der Waals surface area (Å²) >= 11 is 0. The summed E-state index contributed by atoms with van der Waals surface area (Å²) in [5, 5.41) is 3.42. The first-order valence-electron chi connectivity index (χ1n) is 7.90. The average molecular weight is 265 g/mol. The van der Waals surface area contributed by atoms with Crippen LogP contribution >= 0.6 is 0 Å². The fraction of sp³-hybridized carbons (Fsp3) is 1.00. The third-order valence-electron chi connectivity index (χ3n) is 5.98. The molecule has 0 radical (unpaired) electrons. The van der Waals surface area contributed by atoms with Crippen LogP contribution in [-0.4, -0.2) is 25.5 Å². The zero-order chi connectivity index (χ0) is 13.8. The number of hydrogen-bond acceptors (Lipinski definition) is 3. The summed E-state index contributed by atoms with van der Waals surface area (Å²) in [5.41, 5.74) is 0.356. The Morgan fingerprint density at radius 1 is 1.26 bits per heavy atom. The molecule has 3 saturated carbocycles. The molecule has 1 N–H and O–H groups in total. The monoisotopic (exact) mass is 265 g/mol. The SMILES string of the molecule is CC(C)CCNB1O[C@@H]2C[C@@H]3C[C@@H](C3(C)C)[C@]2(C)O1. The smallest absolute Gasteiger partial charge is 0.391 e. The lowest BCUT2D eigenvalue weighted by Crippen LogP contribution is -2.65. The minimum absolute atomic E-state index is 0.0756. The molecule has 0 unspecified atom stereocenters. The Kier molecular flexibility index (Phi) is 3.27. The van der Waals surface area contributed by atoms with Crippen molar-refractivity contribution in [2.45, 2.75) is 65.6 Å². The third-order valence-corrected chi connectivity index (χ3v) is 5.98. The maximum Gasteiger partial charge on any atom is 0.555 e. The molecule has 4 heteroatoms. The quantitative estimate of drug-likeness (QED) is 0.793. The van der Waals surface area contributed by atoms with Crippen LogP contribution in [0.4, 0.5) is 0 Å². The van der Waals surface area contributed by atoms with Gasteiger partial charge in [-0.25, -0.2) is 0 Å². The maximum atomic E-state index is 6.29. The summed E-state index contributed by atoms with van der Waals surface area (Å²) in [4.78, 5) is 0. The second-order valence-electron chi connectivity index (χ2n) is 7.94. The van der Waals surface area contributed by atoms with Crippen LogP contribution < -0.4 is 5.23 Å². The van der Waals surface area contributed by atoms with Crippen LogP contribution in [0.3, 0.4) is 0 Å². The maximum absolute atomic E-state index is 6.29. The van der Waals surface area contributed by atoms with Crippen LogP contribution in [0.5, 0.6) is 0 Å². The van der Waals surface area contributed by atoms with Crippen molar-refractivity contribution in [1.82, 2.24) is 5.23 Å². The molecule has 1 aliphatic heterocycles. The fourth-order valence-electron chi connectivity index (χ4n) is 4.44. The van der Waals surface area contributed by atoms with Crippen molar-refractivity contribution >= 4 is 7.25 Å². The van der Waals surface area contributed by atoms with E-state index in [1.54, 1.807) is 0 Å². The van der Waals surface area contributed by atoms with E-state index in [-0.39, 0.29) is 12.9 Å². The summed E-state index contributed by atoms with van der Waals surface area (Å²) in [5.74, 6) is 2.20. The first-order chi connectivity index (χ1) is 8.84. The number of hydrogen-bond donors (Lipinski definition) is 1. The van der Waals surface area contributed by atoms with Crippen LogP contribution in [0, 0.1) is 23.2 Å². The summed E-state index contributed by atoms with van der Waals surface area (Å²) in [6.45, 7) is 12.5. The van der Waals surface area contributed by atoms with Crippen molar-refractivity contribution in [3.05, 3.63) is 0 Å². The third kappa shape index (κ3) is 2.07. The molecule has 2 bridgehead atoms. The molecule has 1 saturated heterocycles. The molecule has 0 aromatic carbocycles. The van der Waals surface area contributed by atoms with Crippen LogP contribution in [-0.2, 0) is 9.31 Å². The minimum Gasteiger partial charge on any atom is -0.391 e. The Morgan fingerprint density at radius 2 is 2.00 bits per heavy atom. The van der Waals surface area contributed by atoms with Crippen molar-refractivity contribution in [3.63, 3.8) is 0 Å². The average Bonchev–Trinajstić information content (AvgIpc) is 2.63. The standard InChI is InChI=1S/C15H28BNO2/c1-10(2)6-7-17-16-18-13-9-11-8-12(14(11,3)4)15(13,5)19-16/h10-13,17H,6-9H2,1-5H3/t11-,12-,13+,15-/m0/s1. The van der Waals surface area contributed by atoms with Crippen molar-refractivity contribution in [3.8, 4) is 0 Å². The van der Waals surface area contributed by atoms with E-state index in [2.05, 4.69) is 39.8 Å². The first-order valence-corrected chi connectivity index (χ1v) is 7.90. The Balaban J connectivity index is 1.61. The molecule has 4 fully saturated rings. The minimum atomic E-state index is -0.191. The predicted molar refractivity (Wildman–Crippen MR) is 77.6 cm³/mol. The zero-order valence-corrected chi connectivity index (χ0v) is 13.0. The van der Waals surface area contributed by atoms with Gasteiger partial charge in [0.1, 0.15) is 0 Å². The summed E-state index contributed by atoms with van der Waals surface area (Å²) < 4.78 is 12.4. The lowest BCUT2D eigenvalue weighted by atomic mass is 9.43. The summed E-state index contributed by atoms with van der Waals surface area (Å²) in [7, 11) is -0.191. The molecule has 4 rings (SSSR count).